The average molecular weight is 253 g/mol. The van der Waals surface area contributed by atoms with Crippen molar-refractivity contribution < 1.29 is 9.53 Å². The van der Waals surface area contributed by atoms with E-state index in [4.69, 9.17) is 5.73 Å². The minimum absolute atomic E-state index is 0.199. The van der Waals surface area contributed by atoms with Gasteiger partial charge in [-0.2, -0.15) is 11.8 Å². The SMILES string of the molecule is COC(=O)Cc1ccccc1CSCC(C)N. The van der Waals surface area contributed by atoms with Crippen molar-refractivity contribution in [1.82, 2.24) is 0 Å². The number of thioether (sulfide) groups is 1. The van der Waals surface area contributed by atoms with Crippen LogP contribution in [0.1, 0.15) is 18.1 Å². The molecule has 0 saturated carbocycles. The van der Waals surface area contributed by atoms with Crippen LogP contribution in [0.4, 0.5) is 0 Å². The van der Waals surface area contributed by atoms with Crippen LogP contribution in [-0.2, 0) is 21.7 Å². The van der Waals surface area contributed by atoms with Crippen molar-refractivity contribution in [1.29, 1.82) is 0 Å². The van der Waals surface area contributed by atoms with Crippen LogP contribution in [0.5, 0.6) is 0 Å². The lowest BCUT2D eigenvalue weighted by Crippen LogP contribution is -2.17. The quantitative estimate of drug-likeness (QED) is 0.788. The van der Waals surface area contributed by atoms with Gasteiger partial charge in [-0.05, 0) is 18.1 Å². The Balaban J connectivity index is 2.61. The molecule has 1 unspecified atom stereocenters. The highest BCUT2D eigenvalue weighted by Gasteiger charge is 2.07. The van der Waals surface area contributed by atoms with Crippen molar-refractivity contribution >= 4 is 17.7 Å². The van der Waals surface area contributed by atoms with Gasteiger partial charge in [-0.3, -0.25) is 4.79 Å². The summed E-state index contributed by atoms with van der Waals surface area (Å²) in [5.74, 6) is 1.61. The lowest BCUT2D eigenvalue weighted by atomic mass is 10.1. The Labute approximate surface area is 107 Å². The number of carbonyl (C=O) groups excluding carboxylic acids is 1. The first-order valence-electron chi connectivity index (χ1n) is 5.60. The highest BCUT2D eigenvalue weighted by molar-refractivity contribution is 7.98. The van der Waals surface area contributed by atoms with Gasteiger partial charge in [0.1, 0.15) is 0 Å². The van der Waals surface area contributed by atoms with Crippen LogP contribution >= 0.6 is 11.8 Å². The number of esters is 1. The van der Waals surface area contributed by atoms with Crippen LogP contribution in [0.3, 0.4) is 0 Å². The Bertz CT molecular complexity index is 366. The highest BCUT2D eigenvalue weighted by atomic mass is 32.2. The molecule has 1 aromatic carbocycles. The van der Waals surface area contributed by atoms with E-state index in [1.165, 1.54) is 12.7 Å². The average Bonchev–Trinajstić information content (AvgIpc) is 2.30. The summed E-state index contributed by atoms with van der Waals surface area (Å²) in [6.45, 7) is 1.99. The highest BCUT2D eigenvalue weighted by Crippen LogP contribution is 2.17. The smallest absolute Gasteiger partial charge is 0.309 e. The third kappa shape index (κ3) is 5.24. The molecule has 4 heteroatoms. The minimum Gasteiger partial charge on any atom is -0.469 e. The van der Waals surface area contributed by atoms with E-state index in [-0.39, 0.29) is 12.0 Å². The van der Waals surface area contributed by atoms with Gasteiger partial charge >= 0.3 is 5.97 Å². The third-order valence-electron chi connectivity index (χ3n) is 2.32. The lowest BCUT2D eigenvalue weighted by molar-refractivity contribution is -0.139. The number of rotatable bonds is 6. The first kappa shape index (κ1) is 14.1. The first-order valence-corrected chi connectivity index (χ1v) is 6.76. The molecule has 0 bridgehead atoms. The summed E-state index contributed by atoms with van der Waals surface area (Å²) < 4.78 is 4.69. The van der Waals surface area contributed by atoms with E-state index >= 15 is 0 Å². The molecule has 1 aromatic rings. The lowest BCUT2D eigenvalue weighted by Gasteiger charge is -2.09. The van der Waals surface area contributed by atoms with E-state index in [1.807, 2.05) is 31.2 Å². The number of hydrogen-bond acceptors (Lipinski definition) is 4. The van der Waals surface area contributed by atoms with Gasteiger partial charge in [0.05, 0.1) is 13.5 Å². The summed E-state index contributed by atoms with van der Waals surface area (Å²) in [7, 11) is 1.41. The van der Waals surface area contributed by atoms with Crippen LogP contribution in [0.2, 0.25) is 0 Å². The standard InChI is InChI=1S/C13H19NO2S/c1-10(14)8-17-9-12-6-4-3-5-11(12)7-13(15)16-2/h3-6,10H,7-9,14H2,1-2H3. The number of ether oxygens (including phenoxy) is 1. The zero-order chi connectivity index (χ0) is 12.7. The second kappa shape index (κ2) is 7.35. The molecule has 0 heterocycles. The van der Waals surface area contributed by atoms with Gasteiger partial charge in [-0.15, -0.1) is 0 Å². The first-order chi connectivity index (χ1) is 8.13. The summed E-state index contributed by atoms with van der Waals surface area (Å²) in [5.41, 5.74) is 7.92. The van der Waals surface area contributed by atoms with Gasteiger partial charge in [0.15, 0.2) is 0 Å². The van der Waals surface area contributed by atoms with Crippen LogP contribution < -0.4 is 5.73 Å². The maximum absolute atomic E-state index is 11.3. The van der Waals surface area contributed by atoms with E-state index in [9.17, 15) is 4.79 Å². The largest absolute Gasteiger partial charge is 0.469 e. The zero-order valence-corrected chi connectivity index (χ0v) is 11.1. The predicted octanol–water partition coefficient (Wildman–Crippen LogP) is 1.98. The molecule has 0 fully saturated rings. The van der Waals surface area contributed by atoms with Gasteiger partial charge in [0.25, 0.3) is 0 Å². The maximum atomic E-state index is 11.3. The van der Waals surface area contributed by atoms with Crippen molar-refractivity contribution in [3.63, 3.8) is 0 Å². The Hall–Kier alpha value is -1.00. The molecule has 17 heavy (non-hydrogen) atoms. The van der Waals surface area contributed by atoms with Gasteiger partial charge in [-0.1, -0.05) is 24.3 Å². The molecule has 0 aliphatic carbocycles. The van der Waals surface area contributed by atoms with Crippen LogP contribution in [0.25, 0.3) is 0 Å². The van der Waals surface area contributed by atoms with Crippen molar-refractivity contribution in [3.05, 3.63) is 35.4 Å². The minimum atomic E-state index is -0.199. The van der Waals surface area contributed by atoms with Crippen molar-refractivity contribution in [2.24, 2.45) is 5.73 Å². The maximum Gasteiger partial charge on any atom is 0.309 e. The molecule has 0 radical (unpaired) electrons. The third-order valence-corrected chi connectivity index (χ3v) is 3.60. The fourth-order valence-electron chi connectivity index (χ4n) is 1.45. The summed E-state index contributed by atoms with van der Waals surface area (Å²) in [5, 5.41) is 0. The zero-order valence-electron chi connectivity index (χ0n) is 10.3. The van der Waals surface area contributed by atoms with E-state index < -0.39 is 0 Å². The van der Waals surface area contributed by atoms with E-state index in [2.05, 4.69) is 4.74 Å². The van der Waals surface area contributed by atoms with Crippen LogP contribution in [-0.4, -0.2) is 24.9 Å². The molecule has 0 amide bonds. The molecule has 0 aliphatic heterocycles. The Morgan fingerprint density at radius 3 is 2.65 bits per heavy atom. The van der Waals surface area contributed by atoms with Crippen molar-refractivity contribution in [2.45, 2.75) is 25.1 Å². The number of carbonyl (C=O) groups is 1. The number of methoxy groups -OCH3 is 1. The molecule has 3 nitrogen and oxygen atoms in total. The molecule has 1 atom stereocenters. The van der Waals surface area contributed by atoms with Crippen LogP contribution in [0.15, 0.2) is 24.3 Å². The molecule has 1 rings (SSSR count). The van der Waals surface area contributed by atoms with Gasteiger partial charge in [0, 0.05) is 17.5 Å². The topological polar surface area (TPSA) is 52.3 Å². The van der Waals surface area contributed by atoms with E-state index in [1.54, 1.807) is 11.8 Å². The van der Waals surface area contributed by atoms with Crippen molar-refractivity contribution in [2.75, 3.05) is 12.9 Å². The molecule has 2 N–H and O–H groups in total. The monoisotopic (exact) mass is 253 g/mol. The number of nitrogens with two attached hydrogens (primary N) is 1. The molecule has 94 valence electrons. The molecular formula is C13H19NO2S. The Kier molecular flexibility index (Phi) is 6.08. The number of benzene rings is 1. The van der Waals surface area contributed by atoms with Crippen LogP contribution in [0, 0.1) is 0 Å². The number of hydrogen-bond donors (Lipinski definition) is 1. The summed E-state index contributed by atoms with van der Waals surface area (Å²) in [6.07, 6.45) is 0.339. The van der Waals surface area contributed by atoms with Gasteiger partial charge < -0.3 is 10.5 Å². The Morgan fingerprint density at radius 2 is 2.06 bits per heavy atom. The van der Waals surface area contributed by atoms with E-state index in [0.717, 1.165) is 17.1 Å². The summed E-state index contributed by atoms with van der Waals surface area (Å²) >= 11 is 1.79. The van der Waals surface area contributed by atoms with Gasteiger partial charge in [0.2, 0.25) is 0 Å². The fraction of sp³-hybridized carbons (Fsp3) is 0.462. The fourth-order valence-corrected chi connectivity index (χ4v) is 2.44. The Morgan fingerprint density at radius 1 is 1.41 bits per heavy atom. The predicted molar refractivity (Wildman–Crippen MR) is 72.0 cm³/mol. The molecule has 0 saturated heterocycles. The normalized spacial score (nSPS) is 12.2. The molecule has 0 spiro atoms. The second-order valence-corrected chi connectivity index (χ2v) is 5.04. The molecule has 0 aromatic heterocycles. The summed E-state index contributed by atoms with van der Waals surface area (Å²) in [4.78, 5) is 11.3. The summed E-state index contributed by atoms with van der Waals surface area (Å²) in [6, 6.07) is 8.15. The van der Waals surface area contributed by atoms with Crippen molar-refractivity contribution in [3.8, 4) is 0 Å². The molecular weight excluding hydrogens is 234 g/mol. The van der Waals surface area contributed by atoms with E-state index in [0.29, 0.717) is 6.42 Å². The van der Waals surface area contributed by atoms with Gasteiger partial charge in [-0.25, -0.2) is 0 Å². The molecule has 0 aliphatic rings. The second-order valence-electron chi connectivity index (χ2n) is 4.01.